The molecule has 0 saturated heterocycles. The molecule has 3 amide bonds. The number of amides is 3. The molecular weight excluding hydrogens is 2070 g/mol. The number of methoxy groups -OCH3 is 4. The zero-order valence-electron chi connectivity index (χ0n) is 92.2. The third-order valence-corrected chi connectivity index (χ3v) is 23.1. The van der Waals surface area contributed by atoms with Crippen LogP contribution in [0.2, 0.25) is 0 Å². The number of ketones is 3. The third-order valence-electron chi connectivity index (χ3n) is 21.1. The number of nitrogens with zero attached hydrogens (tertiary/aromatic N) is 3. The van der Waals surface area contributed by atoms with Gasteiger partial charge < -0.3 is 128 Å². The van der Waals surface area contributed by atoms with Crippen LogP contribution in [0.1, 0.15) is 332 Å². The SMILES string of the molecule is CCC(=O)NC(CNC)C(=O)CCOPOCCC#N.[C-]#[N+]CCOPOCCCCCC(=O)CCC(=O)NCCCCOC(c1ccccc1)(c1ccc(OC)cc1)c1ccc(OC)cc1.[C-]#[N+]CCOPOCCCCCCCCCCCC(=O)CCC(=O)NCCCCCCCCCCCCOC(c1ccccc1)(c1ccc(OC)cc1)c1ccc(OC)cc1.[CH2-]CC.[CH2-]CC.[CH2-]CC.[CH2-]CC.[CH2-]CC.[CH2-]CC.[Ni+2].[Ni+2].[Ni+2]. The van der Waals surface area contributed by atoms with E-state index < -0.39 is 17.2 Å². The Morgan fingerprint density at radius 3 is 0.919 bits per heavy atom. The van der Waals surface area contributed by atoms with E-state index in [4.69, 9.17) is 74.0 Å². The van der Waals surface area contributed by atoms with Gasteiger partial charge >= 0.3 is 49.5 Å². The molecule has 149 heavy (non-hydrogen) atoms. The van der Waals surface area contributed by atoms with Crippen molar-refractivity contribution < 1.29 is 134 Å². The van der Waals surface area contributed by atoms with E-state index in [9.17, 15) is 28.8 Å². The van der Waals surface area contributed by atoms with Crippen LogP contribution in [-0.4, -0.2) is 162 Å². The van der Waals surface area contributed by atoms with Gasteiger partial charge in [0.05, 0.1) is 73.4 Å². The number of Topliss-reactive ketones (excluding diaryl/α,β-unsaturated/α-hetero) is 3. The Morgan fingerprint density at radius 2 is 0.611 bits per heavy atom. The number of likely N-dealkylation sites (N-methyl/N-ethyl adjacent to an activating group) is 1. The van der Waals surface area contributed by atoms with Crippen molar-refractivity contribution in [2.45, 2.75) is 316 Å². The summed E-state index contributed by atoms with van der Waals surface area (Å²) < 4.78 is 67.0. The summed E-state index contributed by atoms with van der Waals surface area (Å²) in [6.45, 7) is 54.3. The van der Waals surface area contributed by atoms with Gasteiger partial charge in [0.2, 0.25) is 30.8 Å². The van der Waals surface area contributed by atoms with Crippen molar-refractivity contribution in [1.82, 2.24) is 21.3 Å². The average molecular weight is 2260 g/mol. The molecule has 0 aliphatic heterocycles. The molecule has 0 saturated carbocycles. The van der Waals surface area contributed by atoms with Crippen LogP contribution in [-0.2, 0) is 126 Å². The smallest absolute Gasteiger partial charge is 0.497 e. The van der Waals surface area contributed by atoms with Crippen molar-refractivity contribution >= 4 is 62.2 Å². The van der Waals surface area contributed by atoms with E-state index in [1.807, 2.05) is 145 Å². The zero-order chi connectivity index (χ0) is 109. The number of nitriles is 1. The first-order valence-electron chi connectivity index (χ1n) is 53.0. The number of nitrogens with one attached hydrogen (secondary N) is 4. The van der Waals surface area contributed by atoms with Crippen molar-refractivity contribution in [3.63, 3.8) is 0 Å². The van der Waals surface area contributed by atoms with Crippen LogP contribution in [0.15, 0.2) is 158 Å². The molecule has 31 heteroatoms. The molecule has 0 bridgehead atoms. The topological polar surface area (TPSA) is 294 Å². The number of rotatable bonds is 74. The van der Waals surface area contributed by atoms with Gasteiger partial charge in [0.1, 0.15) is 59.0 Å². The fourth-order valence-corrected chi connectivity index (χ4v) is 15.4. The van der Waals surface area contributed by atoms with Crippen molar-refractivity contribution in [3.05, 3.63) is 255 Å². The molecule has 0 spiro atoms. The molecule has 0 radical (unpaired) electrons. The Morgan fingerprint density at radius 1 is 0.342 bits per heavy atom. The number of hydrogen-bond acceptors (Lipinski definition) is 20. The molecule has 4 atom stereocenters. The Labute approximate surface area is 937 Å². The molecule has 6 rings (SSSR count). The van der Waals surface area contributed by atoms with Crippen LogP contribution in [0.25, 0.3) is 9.69 Å². The third kappa shape index (κ3) is 81.2. The van der Waals surface area contributed by atoms with Gasteiger partial charge in [-0.1, -0.05) is 260 Å². The molecule has 6 aromatic carbocycles. The summed E-state index contributed by atoms with van der Waals surface area (Å²) in [6.07, 6.45) is 35.0. The van der Waals surface area contributed by atoms with Crippen LogP contribution in [0.4, 0.5) is 0 Å². The molecule has 25 nitrogen and oxygen atoms in total. The first kappa shape index (κ1) is 152. The Bertz CT molecular complexity index is 4060. The van der Waals surface area contributed by atoms with Crippen molar-refractivity contribution in [2.24, 2.45) is 0 Å². The molecule has 4 unspecified atom stereocenters. The van der Waals surface area contributed by atoms with Gasteiger partial charge in [0.15, 0.2) is 32.9 Å². The zero-order valence-corrected chi connectivity index (χ0v) is 98.2. The van der Waals surface area contributed by atoms with Crippen molar-refractivity contribution in [3.8, 4) is 29.1 Å². The van der Waals surface area contributed by atoms with E-state index in [2.05, 4.69) is 133 Å². The largest absolute Gasteiger partial charge is 2.00 e. The molecule has 846 valence electrons. The van der Waals surface area contributed by atoms with Crippen LogP contribution in [0.3, 0.4) is 0 Å². The van der Waals surface area contributed by atoms with Crippen LogP contribution in [0, 0.1) is 66.0 Å². The number of hydrogen-bond donors (Lipinski definition) is 4. The predicted octanol–water partition coefficient (Wildman–Crippen LogP) is 27.9. The minimum atomic E-state index is -0.870. The molecule has 0 aliphatic rings. The summed E-state index contributed by atoms with van der Waals surface area (Å²) in [4.78, 5) is 78.8. The van der Waals surface area contributed by atoms with E-state index >= 15 is 0 Å². The van der Waals surface area contributed by atoms with Gasteiger partial charge in [-0.3, -0.25) is 28.8 Å². The first-order chi connectivity index (χ1) is 71.2. The molecular formula is C118H186N7Ni3O18P3. The van der Waals surface area contributed by atoms with Crippen LogP contribution >= 0.6 is 27.1 Å². The molecule has 0 fully saturated rings. The van der Waals surface area contributed by atoms with Crippen LogP contribution in [0.5, 0.6) is 23.0 Å². The maximum Gasteiger partial charge on any atom is 2.00 e. The van der Waals surface area contributed by atoms with Gasteiger partial charge in [-0.05, 0) is 140 Å². The number of unbranched alkanes of at least 4 members (excludes halogenated alkanes) is 20. The first-order valence-corrected chi connectivity index (χ1v) is 55.4. The summed E-state index contributed by atoms with van der Waals surface area (Å²) in [5.74, 6) is 3.13. The number of benzene rings is 6. The minimum absolute atomic E-state index is 0. The quantitative estimate of drug-likeness (QED) is 0.00907. The predicted molar refractivity (Wildman–Crippen MR) is 605 cm³/mol. The number of carbonyl (C=O) groups is 6. The second-order valence-corrected chi connectivity index (χ2v) is 36.0. The fraction of sp³-hybridized carbons (Fsp3) is 0.568. The summed E-state index contributed by atoms with van der Waals surface area (Å²) >= 11 is 0. The molecule has 4 N–H and O–H groups in total. The summed E-state index contributed by atoms with van der Waals surface area (Å²) in [5, 5.41) is 19.8. The second kappa shape index (κ2) is 113. The fourth-order valence-electron chi connectivity index (χ4n) is 14.0. The van der Waals surface area contributed by atoms with E-state index in [0.717, 1.165) is 179 Å². The van der Waals surface area contributed by atoms with E-state index in [0.29, 0.717) is 111 Å². The Kier molecular flexibility index (Phi) is 116. The average Bonchev–Trinajstić information content (AvgIpc) is 0.758. The van der Waals surface area contributed by atoms with Gasteiger partial charge in [0.25, 0.3) is 0 Å². The number of ether oxygens (including phenoxy) is 6. The van der Waals surface area contributed by atoms with Crippen molar-refractivity contribution in [2.75, 3.05) is 121 Å². The van der Waals surface area contributed by atoms with E-state index in [1.165, 1.54) is 77.0 Å². The van der Waals surface area contributed by atoms with Crippen molar-refractivity contribution in [1.29, 1.82) is 5.26 Å². The van der Waals surface area contributed by atoms with Gasteiger partial charge in [-0.25, -0.2) is 13.1 Å². The summed E-state index contributed by atoms with van der Waals surface area (Å²) in [6, 6.07) is 54.4. The van der Waals surface area contributed by atoms with Gasteiger partial charge in [0, 0.05) is 84.2 Å². The molecule has 0 aliphatic carbocycles. The standard InChI is InChI=1S/C51H75N2O7P.C37H47N2O7P.C12H22N3O4P.6C3H7.3Ni/c1-52-40-43-60-61-59-42-25-18-14-10-6-7-11-15-22-28-47(54)33-38-50(55)53-39-23-16-12-8-4-5-9-13-17-24-41-58-51(44-26-20-19-21-27-44,45-29-34-48(56-2)35-30-45)46-31-36-49(57-3)37-32-46;1-38-26-29-46-47-45-28-10-5-8-14-33(40)19-24-36(41)39-25-9-11-27-44-37(30-12-6-4-7-13-30,31-15-20-34(42-2)21-16-31)32-17-22-35(43-3)23-18-32;1-3-12(17)15-10(9-14-2)11(16)5-8-19-20-18-7-4-6-13;6*1-3-2;;;/h19-21,26-27,29-32,34-37,61H,4-18,22-25,28,33,38-43H2,2-3H3,(H,53,55);4,6-7,12-13,15-18,20-23,47H,5,8-11,14,19,24-29H2,2-3H3,(H,39,41);10,14,20H,3-5,7-9H2,1-2H3,(H,15,17);6*1,3H2,2H3;;;/q;;;6*-1;3*+2. The van der Waals surface area contributed by atoms with Gasteiger partial charge in [-0.2, -0.15) is 43.8 Å². The van der Waals surface area contributed by atoms with Crippen LogP contribution < -0.4 is 40.2 Å². The Balaban J connectivity index is -0.000000510. The Hall–Kier alpha value is -7.18. The van der Waals surface area contributed by atoms with Gasteiger partial charge in [-0.15, -0.1) is 0 Å². The molecule has 0 heterocycles. The van der Waals surface area contributed by atoms with E-state index in [-0.39, 0.29) is 138 Å². The maximum absolute atomic E-state index is 12.4. The minimum Gasteiger partial charge on any atom is -0.497 e. The maximum atomic E-state index is 12.4. The number of carbonyl (C=O) groups excluding carboxylic acids is 6. The normalized spacial score (nSPS) is 10.7. The summed E-state index contributed by atoms with van der Waals surface area (Å²) in [5.41, 5.74) is 4.51. The molecule has 6 aromatic rings. The van der Waals surface area contributed by atoms with E-state index in [1.54, 1.807) is 42.4 Å². The monoisotopic (exact) mass is 2260 g/mol. The molecule has 0 aromatic heterocycles. The summed E-state index contributed by atoms with van der Waals surface area (Å²) in [7, 11) is 8.23. The second-order valence-electron chi connectivity index (χ2n) is 33.7.